The van der Waals surface area contributed by atoms with Gasteiger partial charge >= 0.3 is 0 Å². The van der Waals surface area contributed by atoms with Gasteiger partial charge < -0.3 is 9.64 Å². The van der Waals surface area contributed by atoms with Crippen LogP contribution in [0, 0.1) is 0 Å². The van der Waals surface area contributed by atoms with E-state index in [1.807, 2.05) is 72.8 Å². The van der Waals surface area contributed by atoms with Crippen LogP contribution in [0.15, 0.2) is 79.0 Å². The number of methoxy groups -OCH3 is 1. The molecule has 2 unspecified atom stereocenters. The Bertz CT molecular complexity index is 1230. The first kappa shape index (κ1) is 18.6. The molecule has 3 heterocycles. The van der Waals surface area contributed by atoms with Crippen LogP contribution in [0.3, 0.4) is 0 Å². The highest BCUT2D eigenvalue weighted by Gasteiger charge is 2.47. The molecule has 1 saturated heterocycles. The van der Waals surface area contributed by atoms with Crippen molar-refractivity contribution in [1.82, 2.24) is 9.97 Å². The molecule has 148 valence electrons. The minimum atomic E-state index is -0.577. The zero-order valence-electron chi connectivity index (χ0n) is 16.2. The predicted octanol–water partition coefficient (Wildman–Crippen LogP) is 5.00. The van der Waals surface area contributed by atoms with Gasteiger partial charge in [0.05, 0.1) is 18.8 Å². The van der Waals surface area contributed by atoms with Gasteiger partial charge in [0.2, 0.25) is 5.91 Å². The maximum Gasteiger partial charge on any atom is 0.248 e. The summed E-state index contributed by atoms with van der Waals surface area (Å²) in [7, 11) is 1.63. The van der Waals surface area contributed by atoms with Gasteiger partial charge in [-0.2, -0.15) is 0 Å². The fraction of sp³-hybridized carbons (Fsp3) is 0.125. The van der Waals surface area contributed by atoms with Gasteiger partial charge in [-0.3, -0.25) is 4.79 Å². The lowest BCUT2D eigenvalue weighted by Crippen LogP contribution is -2.56. The fourth-order valence-corrected chi connectivity index (χ4v) is 4.13. The van der Waals surface area contributed by atoms with Crippen molar-refractivity contribution in [2.24, 2.45) is 0 Å². The Balaban J connectivity index is 1.43. The third-order valence-electron chi connectivity index (χ3n) is 5.39. The monoisotopic (exact) mass is 415 g/mol. The lowest BCUT2D eigenvalue weighted by Gasteiger charge is -2.44. The Morgan fingerprint density at radius 3 is 2.47 bits per heavy atom. The summed E-state index contributed by atoms with van der Waals surface area (Å²) in [5.41, 5.74) is 4.29. The number of benzene rings is 2. The molecule has 0 spiro atoms. The van der Waals surface area contributed by atoms with Crippen molar-refractivity contribution in [2.45, 2.75) is 11.4 Å². The van der Waals surface area contributed by atoms with Crippen molar-refractivity contribution in [3.05, 3.63) is 84.6 Å². The number of β-lactam (4-membered cyclic amide) rings is 1. The first-order valence-electron chi connectivity index (χ1n) is 9.59. The quantitative estimate of drug-likeness (QED) is 0.347. The van der Waals surface area contributed by atoms with Crippen LogP contribution in [-0.4, -0.2) is 28.4 Å². The van der Waals surface area contributed by atoms with Gasteiger partial charge in [0.25, 0.3) is 0 Å². The number of amides is 1. The molecule has 5 rings (SSSR count). The number of anilines is 1. The highest BCUT2D eigenvalue weighted by atomic mass is 35.5. The summed E-state index contributed by atoms with van der Waals surface area (Å²) in [5.74, 6) is 0.669. The largest absolute Gasteiger partial charge is 0.497 e. The van der Waals surface area contributed by atoms with Gasteiger partial charge in [0.1, 0.15) is 11.1 Å². The summed E-state index contributed by atoms with van der Waals surface area (Å²) in [4.78, 5) is 23.2. The summed E-state index contributed by atoms with van der Waals surface area (Å²) < 4.78 is 5.22. The molecular weight excluding hydrogens is 398 g/mol. The van der Waals surface area contributed by atoms with E-state index in [1.165, 1.54) is 0 Å². The highest BCUT2D eigenvalue weighted by Crippen LogP contribution is 2.42. The lowest BCUT2D eigenvalue weighted by atomic mass is 9.92. The molecule has 4 aromatic rings. The molecule has 5 nitrogen and oxygen atoms in total. The van der Waals surface area contributed by atoms with Crippen LogP contribution in [-0.2, 0) is 4.79 Å². The number of halogens is 1. The number of fused-ring (bicyclic) bond motifs is 1. The zero-order valence-corrected chi connectivity index (χ0v) is 17.0. The van der Waals surface area contributed by atoms with Crippen LogP contribution >= 0.6 is 11.6 Å². The van der Waals surface area contributed by atoms with E-state index in [9.17, 15) is 4.79 Å². The topological polar surface area (TPSA) is 55.3 Å². The molecule has 2 aromatic heterocycles. The molecule has 0 bridgehead atoms. The Morgan fingerprint density at radius 2 is 1.73 bits per heavy atom. The van der Waals surface area contributed by atoms with E-state index >= 15 is 0 Å². The average molecular weight is 416 g/mol. The van der Waals surface area contributed by atoms with Crippen molar-refractivity contribution < 1.29 is 9.53 Å². The second kappa shape index (κ2) is 7.43. The lowest BCUT2D eigenvalue weighted by molar-refractivity contribution is -0.123. The van der Waals surface area contributed by atoms with Crippen LogP contribution in [0.2, 0.25) is 0 Å². The van der Waals surface area contributed by atoms with Crippen molar-refractivity contribution in [2.75, 3.05) is 12.0 Å². The molecule has 1 fully saturated rings. The Kier molecular flexibility index (Phi) is 4.60. The summed E-state index contributed by atoms with van der Waals surface area (Å²) in [6, 6.07) is 23.1. The number of alkyl halides is 1. The number of nitrogens with zero attached hydrogens (tertiary/aromatic N) is 3. The molecule has 30 heavy (non-hydrogen) atoms. The Hall–Kier alpha value is -3.44. The first-order chi connectivity index (χ1) is 14.7. The fourth-order valence-electron chi connectivity index (χ4n) is 3.77. The second-order valence-electron chi connectivity index (χ2n) is 7.12. The standard InChI is InChI=1S/C24H18ClN3O2/c1-30-19-11-6-16(7-12-19)22-21(25)24(29)28(22)18-9-4-15(5-10-18)20-13-8-17-3-2-14-26-23(17)27-20/h2-14,21-22H,1H3. The number of hydrogen-bond acceptors (Lipinski definition) is 4. The van der Waals surface area contributed by atoms with E-state index in [-0.39, 0.29) is 11.9 Å². The third-order valence-corrected chi connectivity index (χ3v) is 5.82. The Labute approximate surface area is 178 Å². The molecular formula is C24H18ClN3O2. The van der Waals surface area contributed by atoms with Gasteiger partial charge in [-0.25, -0.2) is 9.97 Å². The molecule has 2 aromatic carbocycles. The van der Waals surface area contributed by atoms with E-state index in [1.54, 1.807) is 18.2 Å². The number of aromatic nitrogens is 2. The maximum atomic E-state index is 12.5. The predicted molar refractivity (Wildman–Crippen MR) is 118 cm³/mol. The number of ether oxygens (including phenoxy) is 1. The highest BCUT2D eigenvalue weighted by molar-refractivity contribution is 6.37. The van der Waals surface area contributed by atoms with Gasteiger partial charge in [0.15, 0.2) is 5.65 Å². The molecule has 0 N–H and O–H groups in total. The SMILES string of the molecule is COc1ccc(C2C(Cl)C(=O)N2c2ccc(-c3ccc4cccnc4n3)cc2)cc1. The van der Waals surface area contributed by atoms with Gasteiger partial charge in [0, 0.05) is 22.8 Å². The first-order valence-corrected chi connectivity index (χ1v) is 10.0. The van der Waals surface area contributed by atoms with Crippen molar-refractivity contribution in [1.29, 1.82) is 0 Å². The number of pyridine rings is 2. The summed E-state index contributed by atoms with van der Waals surface area (Å²) >= 11 is 6.36. The van der Waals surface area contributed by atoms with Crippen LogP contribution in [0.4, 0.5) is 5.69 Å². The summed E-state index contributed by atoms with van der Waals surface area (Å²) in [5, 5.41) is 0.422. The van der Waals surface area contributed by atoms with Gasteiger partial charge in [-0.05, 0) is 54.1 Å². The minimum Gasteiger partial charge on any atom is -0.497 e. The smallest absolute Gasteiger partial charge is 0.248 e. The van der Waals surface area contributed by atoms with E-state index in [0.29, 0.717) is 5.65 Å². The number of hydrogen-bond donors (Lipinski definition) is 0. The average Bonchev–Trinajstić information content (AvgIpc) is 2.82. The van der Waals surface area contributed by atoms with Crippen molar-refractivity contribution in [3.63, 3.8) is 0 Å². The molecule has 1 amide bonds. The van der Waals surface area contributed by atoms with Crippen molar-refractivity contribution in [3.8, 4) is 17.0 Å². The number of rotatable bonds is 4. The third kappa shape index (κ3) is 3.08. The molecule has 6 heteroatoms. The maximum absolute atomic E-state index is 12.5. The minimum absolute atomic E-state index is 0.0988. The number of carbonyl (C=O) groups is 1. The molecule has 0 radical (unpaired) electrons. The van der Waals surface area contributed by atoms with E-state index in [2.05, 4.69) is 9.97 Å². The van der Waals surface area contributed by atoms with E-state index in [0.717, 1.165) is 33.6 Å². The molecule has 2 atom stereocenters. The van der Waals surface area contributed by atoms with E-state index < -0.39 is 5.38 Å². The normalized spacial score (nSPS) is 18.3. The zero-order chi connectivity index (χ0) is 20.7. The Morgan fingerprint density at radius 1 is 0.967 bits per heavy atom. The molecule has 0 saturated carbocycles. The number of carbonyl (C=O) groups excluding carboxylic acids is 1. The summed E-state index contributed by atoms with van der Waals surface area (Å²) in [6.07, 6.45) is 1.74. The van der Waals surface area contributed by atoms with Crippen LogP contribution in [0.1, 0.15) is 11.6 Å². The van der Waals surface area contributed by atoms with Crippen LogP contribution in [0.5, 0.6) is 5.75 Å². The second-order valence-corrected chi connectivity index (χ2v) is 7.59. The van der Waals surface area contributed by atoms with Gasteiger partial charge in [-0.1, -0.05) is 24.3 Å². The van der Waals surface area contributed by atoms with Gasteiger partial charge in [-0.15, -0.1) is 11.6 Å². The molecule has 1 aliphatic heterocycles. The van der Waals surface area contributed by atoms with Crippen molar-refractivity contribution >= 4 is 34.2 Å². The van der Waals surface area contributed by atoms with E-state index in [4.69, 9.17) is 16.3 Å². The van der Waals surface area contributed by atoms with Crippen LogP contribution in [0.25, 0.3) is 22.3 Å². The van der Waals surface area contributed by atoms with Crippen LogP contribution < -0.4 is 9.64 Å². The summed E-state index contributed by atoms with van der Waals surface area (Å²) in [6.45, 7) is 0. The molecule has 1 aliphatic rings. The molecule has 0 aliphatic carbocycles.